The number of nitrogens with zero attached hydrogens (tertiary/aromatic N) is 2. The Hall–Kier alpha value is -2.28. The SMILES string of the molecule is C=CC(=O)N1CCC(C(=O)N2CSCC2C(=O)Nc2ccc(C)c(C)c2)CC1. The molecule has 2 aliphatic heterocycles. The monoisotopic (exact) mass is 401 g/mol. The molecule has 150 valence electrons. The van der Waals surface area contributed by atoms with E-state index in [4.69, 9.17) is 0 Å². The second-order valence-corrected chi connectivity index (χ2v) is 8.42. The van der Waals surface area contributed by atoms with Crippen LogP contribution in [0.15, 0.2) is 30.9 Å². The number of rotatable bonds is 4. The Bertz CT molecular complexity index is 787. The highest BCUT2D eigenvalue weighted by molar-refractivity contribution is 7.99. The molecule has 0 aliphatic carbocycles. The first kappa shape index (κ1) is 20.5. The quantitative estimate of drug-likeness (QED) is 0.788. The number of anilines is 1. The molecule has 1 aromatic carbocycles. The number of hydrogen-bond donors (Lipinski definition) is 1. The molecule has 2 saturated heterocycles. The Morgan fingerprint density at radius 1 is 1.18 bits per heavy atom. The van der Waals surface area contributed by atoms with Crippen molar-refractivity contribution in [2.75, 3.05) is 30.0 Å². The van der Waals surface area contributed by atoms with E-state index in [0.717, 1.165) is 11.3 Å². The number of aryl methyl sites for hydroxylation is 2. The molecule has 1 aromatic rings. The van der Waals surface area contributed by atoms with Crippen molar-refractivity contribution in [3.05, 3.63) is 42.0 Å². The van der Waals surface area contributed by atoms with Crippen LogP contribution in [-0.4, -0.2) is 58.3 Å². The number of carbonyl (C=O) groups is 3. The van der Waals surface area contributed by atoms with E-state index in [9.17, 15) is 14.4 Å². The van der Waals surface area contributed by atoms with Gasteiger partial charge < -0.3 is 15.1 Å². The third-order valence-electron chi connectivity index (χ3n) is 5.57. The second-order valence-electron chi connectivity index (χ2n) is 7.42. The largest absolute Gasteiger partial charge is 0.339 e. The molecule has 0 bridgehead atoms. The molecule has 0 radical (unpaired) electrons. The van der Waals surface area contributed by atoms with E-state index in [2.05, 4.69) is 11.9 Å². The zero-order valence-electron chi connectivity index (χ0n) is 16.4. The van der Waals surface area contributed by atoms with Gasteiger partial charge >= 0.3 is 0 Å². The van der Waals surface area contributed by atoms with Gasteiger partial charge in [-0.05, 0) is 56.0 Å². The first-order valence-electron chi connectivity index (χ1n) is 9.58. The van der Waals surface area contributed by atoms with Gasteiger partial charge in [0.25, 0.3) is 0 Å². The molecule has 28 heavy (non-hydrogen) atoms. The molecular formula is C21H27N3O3S. The summed E-state index contributed by atoms with van der Waals surface area (Å²) in [5, 5.41) is 2.96. The van der Waals surface area contributed by atoms with Crippen molar-refractivity contribution < 1.29 is 14.4 Å². The van der Waals surface area contributed by atoms with Gasteiger partial charge in [-0.15, -0.1) is 11.8 Å². The van der Waals surface area contributed by atoms with Gasteiger partial charge in [0.05, 0.1) is 5.88 Å². The molecular weight excluding hydrogens is 374 g/mol. The van der Waals surface area contributed by atoms with Gasteiger partial charge in [0.15, 0.2) is 0 Å². The topological polar surface area (TPSA) is 69.7 Å². The first-order valence-corrected chi connectivity index (χ1v) is 10.7. The summed E-state index contributed by atoms with van der Waals surface area (Å²) in [4.78, 5) is 41.0. The Morgan fingerprint density at radius 2 is 1.89 bits per heavy atom. The summed E-state index contributed by atoms with van der Waals surface area (Å²) in [5.74, 6) is 0.806. The summed E-state index contributed by atoms with van der Waals surface area (Å²) in [6.07, 6.45) is 2.57. The van der Waals surface area contributed by atoms with E-state index in [0.29, 0.717) is 37.6 Å². The number of hydrogen-bond acceptors (Lipinski definition) is 4. The molecule has 3 rings (SSSR count). The van der Waals surface area contributed by atoms with Gasteiger partial charge in [-0.2, -0.15) is 0 Å². The number of amides is 3. The predicted octanol–water partition coefficient (Wildman–Crippen LogP) is 2.57. The molecule has 2 heterocycles. The number of carbonyl (C=O) groups excluding carboxylic acids is 3. The van der Waals surface area contributed by atoms with Gasteiger partial charge in [-0.3, -0.25) is 14.4 Å². The summed E-state index contributed by atoms with van der Waals surface area (Å²) in [6.45, 7) is 8.67. The van der Waals surface area contributed by atoms with Crippen molar-refractivity contribution in [2.45, 2.75) is 32.7 Å². The maximum atomic E-state index is 13.0. The highest BCUT2D eigenvalue weighted by atomic mass is 32.2. The molecule has 1 N–H and O–H groups in total. The molecule has 1 atom stereocenters. The summed E-state index contributed by atoms with van der Waals surface area (Å²) in [6, 6.07) is 5.37. The summed E-state index contributed by atoms with van der Waals surface area (Å²) < 4.78 is 0. The van der Waals surface area contributed by atoms with Gasteiger partial charge in [-0.25, -0.2) is 0 Å². The average Bonchev–Trinajstić information content (AvgIpc) is 3.19. The van der Waals surface area contributed by atoms with Crippen molar-refractivity contribution in [1.29, 1.82) is 0 Å². The molecule has 2 fully saturated rings. The minimum absolute atomic E-state index is 0.0240. The lowest BCUT2D eigenvalue weighted by molar-refractivity contribution is -0.142. The molecule has 0 aromatic heterocycles. The van der Waals surface area contributed by atoms with E-state index in [1.54, 1.807) is 21.6 Å². The van der Waals surface area contributed by atoms with Crippen LogP contribution in [0.25, 0.3) is 0 Å². The summed E-state index contributed by atoms with van der Waals surface area (Å²) in [7, 11) is 0. The van der Waals surface area contributed by atoms with Crippen molar-refractivity contribution in [2.24, 2.45) is 5.92 Å². The zero-order valence-corrected chi connectivity index (χ0v) is 17.3. The lowest BCUT2D eigenvalue weighted by Crippen LogP contribution is -2.49. The molecule has 3 amide bonds. The second kappa shape index (κ2) is 8.82. The van der Waals surface area contributed by atoms with Crippen LogP contribution in [0.2, 0.25) is 0 Å². The molecule has 6 nitrogen and oxygen atoms in total. The number of likely N-dealkylation sites (tertiary alicyclic amines) is 1. The molecule has 0 saturated carbocycles. The van der Waals surface area contributed by atoms with Gasteiger partial charge in [0.1, 0.15) is 6.04 Å². The Kier molecular flexibility index (Phi) is 6.44. The van der Waals surface area contributed by atoms with Crippen LogP contribution < -0.4 is 5.32 Å². The van der Waals surface area contributed by atoms with Crippen LogP contribution in [-0.2, 0) is 14.4 Å². The third-order valence-corrected chi connectivity index (χ3v) is 6.59. The van der Waals surface area contributed by atoms with E-state index in [-0.39, 0.29) is 23.6 Å². The van der Waals surface area contributed by atoms with Crippen LogP contribution >= 0.6 is 11.8 Å². The fourth-order valence-corrected chi connectivity index (χ4v) is 4.80. The number of piperidine rings is 1. The number of nitrogens with one attached hydrogen (secondary N) is 1. The minimum Gasteiger partial charge on any atom is -0.339 e. The number of benzene rings is 1. The Labute approximate surface area is 170 Å². The van der Waals surface area contributed by atoms with E-state index >= 15 is 0 Å². The van der Waals surface area contributed by atoms with Crippen LogP contribution in [0.4, 0.5) is 5.69 Å². The maximum Gasteiger partial charge on any atom is 0.248 e. The maximum absolute atomic E-state index is 13.0. The van der Waals surface area contributed by atoms with Gasteiger partial charge in [-0.1, -0.05) is 12.6 Å². The van der Waals surface area contributed by atoms with Crippen LogP contribution in [0, 0.1) is 19.8 Å². The molecule has 0 spiro atoms. The number of thioether (sulfide) groups is 1. The first-order chi connectivity index (χ1) is 13.4. The Balaban J connectivity index is 1.61. The van der Waals surface area contributed by atoms with Crippen molar-refractivity contribution >= 4 is 35.2 Å². The summed E-state index contributed by atoms with van der Waals surface area (Å²) in [5.41, 5.74) is 3.05. The highest BCUT2D eigenvalue weighted by Crippen LogP contribution is 2.28. The standard InChI is InChI=1S/C21H27N3O3S/c1-4-19(25)23-9-7-16(8-10-23)21(27)24-13-28-12-18(24)20(26)22-17-6-5-14(2)15(3)11-17/h4-6,11,16,18H,1,7-10,12-13H2,2-3H3,(H,22,26). The van der Waals surface area contributed by atoms with E-state index < -0.39 is 6.04 Å². The third kappa shape index (κ3) is 4.41. The molecule has 7 heteroatoms. The van der Waals surface area contributed by atoms with Crippen LogP contribution in [0.5, 0.6) is 0 Å². The lowest BCUT2D eigenvalue weighted by atomic mass is 9.94. The predicted molar refractivity (Wildman–Crippen MR) is 112 cm³/mol. The van der Waals surface area contributed by atoms with Gasteiger partial charge in [0.2, 0.25) is 17.7 Å². The van der Waals surface area contributed by atoms with Crippen molar-refractivity contribution in [1.82, 2.24) is 9.80 Å². The molecule has 2 aliphatic rings. The fraction of sp³-hybridized carbons (Fsp3) is 0.476. The van der Waals surface area contributed by atoms with Crippen LogP contribution in [0.3, 0.4) is 0 Å². The highest BCUT2D eigenvalue weighted by Gasteiger charge is 2.38. The van der Waals surface area contributed by atoms with Crippen LogP contribution in [0.1, 0.15) is 24.0 Å². The fourth-order valence-electron chi connectivity index (χ4n) is 3.63. The van der Waals surface area contributed by atoms with E-state index in [1.165, 1.54) is 11.6 Å². The van der Waals surface area contributed by atoms with Crippen molar-refractivity contribution in [3.63, 3.8) is 0 Å². The average molecular weight is 402 g/mol. The Morgan fingerprint density at radius 3 is 2.54 bits per heavy atom. The van der Waals surface area contributed by atoms with E-state index in [1.807, 2.05) is 32.0 Å². The minimum atomic E-state index is -0.452. The van der Waals surface area contributed by atoms with Crippen molar-refractivity contribution in [3.8, 4) is 0 Å². The smallest absolute Gasteiger partial charge is 0.248 e. The lowest BCUT2D eigenvalue weighted by Gasteiger charge is -2.33. The zero-order chi connectivity index (χ0) is 20.3. The van der Waals surface area contributed by atoms with Gasteiger partial charge in [0, 0.05) is 30.4 Å². The summed E-state index contributed by atoms with van der Waals surface area (Å²) >= 11 is 1.60. The normalized spacial score (nSPS) is 20.1. The molecule has 1 unspecified atom stereocenters.